The maximum Gasteiger partial charge on any atom is 0.341 e. The molecule has 0 spiro atoms. The third-order valence-corrected chi connectivity index (χ3v) is 8.24. The molecule has 1 aliphatic carbocycles. The second-order valence-corrected chi connectivity index (χ2v) is 11.0. The van der Waals surface area contributed by atoms with E-state index in [2.05, 4.69) is 10.6 Å². The van der Waals surface area contributed by atoms with E-state index in [-0.39, 0.29) is 11.5 Å². The van der Waals surface area contributed by atoms with E-state index in [0.29, 0.717) is 16.3 Å². The number of aryl methyl sites for hydroxylation is 1. The smallest absolute Gasteiger partial charge is 0.341 e. The number of esters is 1. The lowest BCUT2D eigenvalue weighted by Gasteiger charge is -2.13. The molecule has 1 atom stereocenters. The van der Waals surface area contributed by atoms with Crippen LogP contribution >= 0.6 is 23.1 Å². The van der Waals surface area contributed by atoms with Crippen molar-refractivity contribution in [3.05, 3.63) is 75.9 Å². The second kappa shape index (κ2) is 11.7. The van der Waals surface area contributed by atoms with Gasteiger partial charge in [-0.05, 0) is 68.5 Å². The van der Waals surface area contributed by atoms with Crippen LogP contribution in [0.1, 0.15) is 57.3 Å². The molecule has 0 radical (unpaired) electrons. The van der Waals surface area contributed by atoms with Crippen LogP contribution in [0.2, 0.25) is 0 Å². The Bertz CT molecular complexity index is 1290. The number of halogens is 1. The van der Waals surface area contributed by atoms with Gasteiger partial charge in [-0.2, -0.15) is 0 Å². The number of thioether (sulfide) groups is 1. The predicted octanol–water partition coefficient (Wildman–Crippen LogP) is 6.31. The van der Waals surface area contributed by atoms with Gasteiger partial charge in [0.1, 0.15) is 10.8 Å². The van der Waals surface area contributed by atoms with E-state index in [1.165, 1.54) is 48.4 Å². The van der Waals surface area contributed by atoms with E-state index in [0.717, 1.165) is 47.4 Å². The highest BCUT2D eigenvalue weighted by Crippen LogP contribution is 2.38. The minimum absolute atomic E-state index is 0.0425. The fourth-order valence-corrected chi connectivity index (χ4v) is 6.32. The van der Waals surface area contributed by atoms with E-state index in [9.17, 15) is 18.8 Å². The van der Waals surface area contributed by atoms with Gasteiger partial charge in [-0.15, -0.1) is 23.1 Å². The van der Waals surface area contributed by atoms with Crippen LogP contribution in [0.3, 0.4) is 0 Å². The van der Waals surface area contributed by atoms with Crippen molar-refractivity contribution in [2.45, 2.75) is 49.2 Å². The van der Waals surface area contributed by atoms with Crippen LogP contribution in [0, 0.1) is 5.82 Å². The summed E-state index contributed by atoms with van der Waals surface area (Å²) in [7, 11) is 1.35. The minimum atomic E-state index is -0.594. The van der Waals surface area contributed by atoms with E-state index in [1.54, 1.807) is 31.2 Å². The molecule has 0 saturated heterocycles. The first kappa shape index (κ1) is 25.9. The Kier molecular flexibility index (Phi) is 8.43. The van der Waals surface area contributed by atoms with Crippen LogP contribution < -0.4 is 10.6 Å². The largest absolute Gasteiger partial charge is 0.465 e. The van der Waals surface area contributed by atoms with E-state index in [1.807, 2.05) is 6.07 Å². The lowest BCUT2D eigenvalue weighted by Crippen LogP contribution is -2.23. The van der Waals surface area contributed by atoms with Crippen LogP contribution in [0.5, 0.6) is 0 Å². The summed E-state index contributed by atoms with van der Waals surface area (Å²) in [6.07, 6.45) is 4.91. The number of amides is 2. The lowest BCUT2D eigenvalue weighted by molar-refractivity contribution is -0.115. The van der Waals surface area contributed by atoms with Gasteiger partial charge in [0, 0.05) is 15.5 Å². The fraction of sp³-hybridized carbons (Fsp3) is 0.296. The van der Waals surface area contributed by atoms with Crippen LogP contribution in [-0.4, -0.2) is 30.1 Å². The third kappa shape index (κ3) is 5.96. The van der Waals surface area contributed by atoms with Crippen LogP contribution in [-0.2, 0) is 22.4 Å². The molecule has 1 aromatic heterocycles. The fourth-order valence-electron chi connectivity index (χ4n) is 4.11. The molecule has 2 aromatic carbocycles. The molecule has 6 nitrogen and oxygen atoms in total. The Morgan fingerprint density at radius 2 is 1.81 bits per heavy atom. The van der Waals surface area contributed by atoms with E-state index < -0.39 is 22.9 Å². The van der Waals surface area contributed by atoms with E-state index in [4.69, 9.17) is 4.74 Å². The molecule has 0 bridgehead atoms. The summed E-state index contributed by atoms with van der Waals surface area (Å²) in [4.78, 5) is 39.9. The summed E-state index contributed by atoms with van der Waals surface area (Å²) < 4.78 is 18.9. The Morgan fingerprint density at radius 3 is 2.58 bits per heavy atom. The zero-order valence-corrected chi connectivity index (χ0v) is 21.7. The van der Waals surface area contributed by atoms with Crippen molar-refractivity contribution < 1.29 is 23.5 Å². The number of carbonyl (C=O) groups excluding carboxylic acids is 3. The number of thiophene rings is 1. The molecule has 36 heavy (non-hydrogen) atoms. The number of benzene rings is 2. The number of hydrogen-bond donors (Lipinski definition) is 2. The quantitative estimate of drug-likeness (QED) is 0.214. The highest BCUT2D eigenvalue weighted by Gasteiger charge is 2.27. The monoisotopic (exact) mass is 526 g/mol. The Labute approximate surface area is 217 Å². The number of carbonyl (C=O) groups is 3. The maximum atomic E-state index is 13.9. The molecule has 1 aliphatic rings. The molecule has 0 aliphatic heterocycles. The van der Waals surface area contributed by atoms with Gasteiger partial charge in [0.25, 0.3) is 5.91 Å². The first-order valence-electron chi connectivity index (χ1n) is 11.7. The number of anilines is 2. The molecular weight excluding hydrogens is 499 g/mol. The van der Waals surface area contributed by atoms with Gasteiger partial charge >= 0.3 is 5.97 Å². The molecule has 0 fully saturated rings. The van der Waals surface area contributed by atoms with Crippen molar-refractivity contribution >= 4 is 51.6 Å². The lowest BCUT2D eigenvalue weighted by atomic mass is 10.1. The molecule has 1 heterocycles. The standard InChI is InChI=1S/C27H27FN2O4S2/c1-16(24(31)30-26-23(27(33)34-2)20-12-4-3-5-14-22(20)36-26)35-18-10-8-9-17(15-18)29-25(32)19-11-6-7-13-21(19)28/h6-11,13,15-16H,3-5,12,14H2,1-2H3,(H,29,32)(H,30,31). The topological polar surface area (TPSA) is 84.5 Å². The Morgan fingerprint density at radius 1 is 1.03 bits per heavy atom. The average Bonchev–Trinajstić information content (AvgIpc) is 3.03. The first-order chi connectivity index (χ1) is 17.4. The maximum absolute atomic E-state index is 13.9. The number of fused-ring (bicyclic) bond motifs is 1. The van der Waals surface area contributed by atoms with Crippen LogP contribution in [0.25, 0.3) is 0 Å². The number of hydrogen-bond acceptors (Lipinski definition) is 6. The average molecular weight is 527 g/mol. The minimum Gasteiger partial charge on any atom is -0.465 e. The summed E-state index contributed by atoms with van der Waals surface area (Å²) in [6.45, 7) is 1.78. The Hall–Kier alpha value is -3.17. The molecule has 188 valence electrons. The highest BCUT2D eigenvalue weighted by atomic mass is 32.2. The molecular formula is C27H27FN2O4S2. The zero-order chi connectivity index (χ0) is 25.7. The Balaban J connectivity index is 1.45. The van der Waals surface area contributed by atoms with Crippen molar-refractivity contribution in [1.82, 2.24) is 0 Å². The van der Waals surface area contributed by atoms with Crippen molar-refractivity contribution in [2.75, 3.05) is 17.7 Å². The van der Waals surface area contributed by atoms with Gasteiger partial charge in [0.2, 0.25) is 5.91 Å². The molecule has 0 saturated carbocycles. The molecule has 1 unspecified atom stereocenters. The first-order valence-corrected chi connectivity index (χ1v) is 13.4. The van der Waals surface area contributed by atoms with Crippen molar-refractivity contribution in [3.63, 3.8) is 0 Å². The van der Waals surface area contributed by atoms with Crippen LogP contribution in [0.4, 0.5) is 15.1 Å². The van der Waals surface area contributed by atoms with Gasteiger partial charge in [-0.25, -0.2) is 9.18 Å². The highest BCUT2D eigenvalue weighted by molar-refractivity contribution is 8.00. The summed E-state index contributed by atoms with van der Waals surface area (Å²) in [5.74, 6) is -1.80. The normalized spacial score (nSPS) is 13.8. The van der Waals surface area contributed by atoms with Gasteiger partial charge in [-0.3, -0.25) is 9.59 Å². The van der Waals surface area contributed by atoms with Crippen molar-refractivity contribution in [1.29, 1.82) is 0 Å². The van der Waals surface area contributed by atoms with Crippen molar-refractivity contribution in [2.24, 2.45) is 0 Å². The number of ether oxygens (including phenoxy) is 1. The number of methoxy groups -OCH3 is 1. The van der Waals surface area contributed by atoms with Gasteiger partial charge in [-0.1, -0.05) is 24.6 Å². The molecule has 4 rings (SSSR count). The third-order valence-electron chi connectivity index (χ3n) is 5.94. The molecule has 2 amide bonds. The van der Waals surface area contributed by atoms with E-state index >= 15 is 0 Å². The van der Waals surface area contributed by atoms with Gasteiger partial charge in [0.05, 0.1) is 23.5 Å². The summed E-state index contributed by atoms with van der Waals surface area (Å²) in [6, 6.07) is 12.8. The second-order valence-electron chi connectivity index (χ2n) is 8.47. The molecule has 2 N–H and O–H groups in total. The van der Waals surface area contributed by atoms with Gasteiger partial charge in [0.15, 0.2) is 0 Å². The molecule has 9 heteroatoms. The predicted molar refractivity (Wildman–Crippen MR) is 142 cm³/mol. The number of nitrogens with one attached hydrogen (secondary N) is 2. The zero-order valence-electron chi connectivity index (χ0n) is 20.1. The van der Waals surface area contributed by atoms with Gasteiger partial charge < -0.3 is 15.4 Å². The summed E-state index contributed by atoms with van der Waals surface area (Å²) in [5.41, 5.74) is 1.93. The summed E-state index contributed by atoms with van der Waals surface area (Å²) >= 11 is 2.78. The van der Waals surface area contributed by atoms with Crippen molar-refractivity contribution in [3.8, 4) is 0 Å². The number of rotatable bonds is 7. The van der Waals surface area contributed by atoms with Crippen LogP contribution in [0.15, 0.2) is 53.4 Å². The summed E-state index contributed by atoms with van der Waals surface area (Å²) in [5, 5.41) is 5.70. The molecule has 3 aromatic rings. The SMILES string of the molecule is COC(=O)c1c(NC(=O)C(C)Sc2cccc(NC(=O)c3ccccc3F)c2)sc2c1CCCCC2.